The Morgan fingerprint density at radius 1 is 1.39 bits per heavy atom. The molecule has 0 spiro atoms. The van der Waals surface area contributed by atoms with E-state index >= 15 is 0 Å². The molecule has 1 amide bonds. The van der Waals surface area contributed by atoms with E-state index in [-0.39, 0.29) is 0 Å². The summed E-state index contributed by atoms with van der Waals surface area (Å²) in [6.45, 7) is 2.17. The van der Waals surface area contributed by atoms with Crippen LogP contribution in [0.3, 0.4) is 0 Å². The molecule has 5 N–H and O–H groups in total. The number of carbonyl (C=O) groups is 1. The van der Waals surface area contributed by atoms with Crippen LogP contribution in [0.25, 0.3) is 0 Å². The normalized spacial score (nSPS) is 17.6. The third kappa shape index (κ3) is 2.75. The van der Waals surface area contributed by atoms with E-state index in [0.29, 0.717) is 23.2 Å². The Labute approximate surface area is 108 Å². The second-order valence-electron chi connectivity index (χ2n) is 5.14. The quantitative estimate of drug-likeness (QED) is 0.714. The van der Waals surface area contributed by atoms with Crippen molar-refractivity contribution >= 4 is 17.3 Å². The van der Waals surface area contributed by atoms with Gasteiger partial charge in [0.2, 0.25) is 5.91 Å². The van der Waals surface area contributed by atoms with Gasteiger partial charge in [-0.2, -0.15) is 0 Å². The van der Waals surface area contributed by atoms with Gasteiger partial charge in [-0.3, -0.25) is 4.79 Å². The largest absolute Gasteiger partial charge is 0.397 e. The number of primary amides is 1. The second kappa shape index (κ2) is 5.29. The zero-order chi connectivity index (χ0) is 13.1. The molecule has 0 bridgehead atoms. The fourth-order valence-corrected chi connectivity index (χ4v) is 2.66. The van der Waals surface area contributed by atoms with Crippen LogP contribution in [0.2, 0.25) is 0 Å². The van der Waals surface area contributed by atoms with Crippen LogP contribution in [0.4, 0.5) is 11.4 Å². The van der Waals surface area contributed by atoms with E-state index < -0.39 is 5.91 Å². The van der Waals surface area contributed by atoms with E-state index in [2.05, 4.69) is 12.2 Å². The van der Waals surface area contributed by atoms with Gasteiger partial charge in [-0.15, -0.1) is 0 Å². The summed E-state index contributed by atoms with van der Waals surface area (Å²) in [5.41, 5.74) is 13.2. The first-order valence-electron chi connectivity index (χ1n) is 6.54. The van der Waals surface area contributed by atoms with Gasteiger partial charge in [0.25, 0.3) is 0 Å². The lowest BCUT2D eigenvalue weighted by molar-refractivity contribution is 0.100. The molecule has 0 saturated heterocycles. The highest BCUT2D eigenvalue weighted by atomic mass is 16.1. The highest BCUT2D eigenvalue weighted by Crippen LogP contribution is 2.30. The summed E-state index contributed by atoms with van der Waals surface area (Å²) in [7, 11) is 0. The molecular weight excluding hydrogens is 226 g/mol. The van der Waals surface area contributed by atoms with Crippen LogP contribution < -0.4 is 16.8 Å². The maximum Gasteiger partial charge on any atom is 0.248 e. The Hall–Kier alpha value is -1.71. The lowest BCUT2D eigenvalue weighted by Gasteiger charge is -2.22. The van der Waals surface area contributed by atoms with Crippen molar-refractivity contribution in [3.05, 3.63) is 23.8 Å². The van der Waals surface area contributed by atoms with E-state index in [4.69, 9.17) is 11.5 Å². The van der Waals surface area contributed by atoms with Gasteiger partial charge in [-0.1, -0.05) is 12.8 Å². The molecule has 1 atom stereocenters. The van der Waals surface area contributed by atoms with Gasteiger partial charge < -0.3 is 16.8 Å². The molecule has 1 aromatic carbocycles. The Kier molecular flexibility index (Phi) is 3.75. The summed E-state index contributed by atoms with van der Waals surface area (Å²) in [4.78, 5) is 11.2. The molecule has 2 rings (SSSR count). The molecule has 1 fully saturated rings. The fourth-order valence-electron chi connectivity index (χ4n) is 2.66. The molecule has 1 aliphatic rings. The van der Waals surface area contributed by atoms with Gasteiger partial charge >= 0.3 is 0 Å². The van der Waals surface area contributed by atoms with Crippen LogP contribution in [-0.2, 0) is 0 Å². The Morgan fingerprint density at radius 2 is 2.06 bits per heavy atom. The zero-order valence-corrected chi connectivity index (χ0v) is 10.8. The zero-order valence-electron chi connectivity index (χ0n) is 10.8. The van der Waals surface area contributed by atoms with E-state index in [1.165, 1.54) is 25.7 Å². The first kappa shape index (κ1) is 12.7. The van der Waals surface area contributed by atoms with Gasteiger partial charge in [0.05, 0.1) is 11.4 Å². The van der Waals surface area contributed by atoms with Gasteiger partial charge in [-0.25, -0.2) is 0 Å². The number of benzene rings is 1. The Morgan fingerprint density at radius 3 is 2.67 bits per heavy atom. The summed E-state index contributed by atoms with van der Waals surface area (Å²) in [6.07, 6.45) is 5.16. The first-order valence-corrected chi connectivity index (χ1v) is 6.54. The lowest BCUT2D eigenvalue weighted by atomic mass is 9.99. The molecule has 1 unspecified atom stereocenters. The van der Waals surface area contributed by atoms with Crippen LogP contribution in [0.1, 0.15) is 43.0 Å². The van der Waals surface area contributed by atoms with Crippen molar-refractivity contribution < 1.29 is 4.79 Å². The molecular formula is C14H21N3O. The maximum absolute atomic E-state index is 11.2. The first-order chi connectivity index (χ1) is 8.58. The van der Waals surface area contributed by atoms with Crippen molar-refractivity contribution in [2.24, 2.45) is 11.7 Å². The molecule has 1 aliphatic carbocycles. The van der Waals surface area contributed by atoms with Crippen molar-refractivity contribution in [1.29, 1.82) is 0 Å². The minimum absolute atomic E-state index is 0.373. The minimum Gasteiger partial charge on any atom is -0.397 e. The Bertz CT molecular complexity index is 439. The fraction of sp³-hybridized carbons (Fsp3) is 0.500. The van der Waals surface area contributed by atoms with Gasteiger partial charge in [0, 0.05) is 11.6 Å². The van der Waals surface area contributed by atoms with Crippen LogP contribution in [0.5, 0.6) is 0 Å². The number of hydrogen-bond acceptors (Lipinski definition) is 3. The van der Waals surface area contributed by atoms with Gasteiger partial charge in [0.15, 0.2) is 0 Å². The molecule has 4 heteroatoms. The summed E-state index contributed by atoms with van der Waals surface area (Å²) >= 11 is 0. The van der Waals surface area contributed by atoms with Gasteiger partial charge in [-0.05, 0) is 43.9 Å². The highest BCUT2D eigenvalue weighted by Gasteiger charge is 2.21. The van der Waals surface area contributed by atoms with E-state index in [1.807, 2.05) is 0 Å². The average molecular weight is 247 g/mol. The Balaban J connectivity index is 2.12. The predicted octanol–water partition coefficient (Wildman–Crippen LogP) is 2.36. The molecule has 4 nitrogen and oxygen atoms in total. The standard InChI is InChI=1S/C14H21N3O/c1-9(10-4-2-3-5-10)17-13-8-11(14(16)18)6-7-12(13)15/h6-10,17H,2-5,15H2,1H3,(H2,16,18). The smallest absolute Gasteiger partial charge is 0.248 e. The maximum atomic E-state index is 11.2. The van der Waals surface area contributed by atoms with Crippen LogP contribution >= 0.6 is 0 Å². The number of nitrogens with two attached hydrogens (primary N) is 2. The van der Waals surface area contributed by atoms with Crippen molar-refractivity contribution in [2.45, 2.75) is 38.6 Å². The summed E-state index contributed by atoms with van der Waals surface area (Å²) in [5, 5.41) is 3.41. The molecule has 0 aliphatic heterocycles. The molecule has 0 aromatic heterocycles. The van der Waals surface area contributed by atoms with Crippen molar-refractivity contribution in [3.63, 3.8) is 0 Å². The molecule has 98 valence electrons. The molecule has 0 heterocycles. The number of rotatable bonds is 4. The highest BCUT2D eigenvalue weighted by molar-refractivity contribution is 5.94. The van der Waals surface area contributed by atoms with Gasteiger partial charge in [0.1, 0.15) is 0 Å². The molecule has 1 saturated carbocycles. The second-order valence-corrected chi connectivity index (χ2v) is 5.14. The van der Waals surface area contributed by atoms with Crippen LogP contribution in [0.15, 0.2) is 18.2 Å². The summed E-state index contributed by atoms with van der Waals surface area (Å²) < 4.78 is 0. The average Bonchev–Trinajstić information content (AvgIpc) is 2.85. The topological polar surface area (TPSA) is 81.1 Å². The lowest BCUT2D eigenvalue weighted by Crippen LogP contribution is -2.24. The van der Waals surface area contributed by atoms with Crippen LogP contribution in [-0.4, -0.2) is 11.9 Å². The monoisotopic (exact) mass is 247 g/mol. The molecule has 0 radical (unpaired) electrons. The number of nitrogens with one attached hydrogen (secondary N) is 1. The van der Waals surface area contributed by atoms with E-state index in [1.54, 1.807) is 18.2 Å². The number of hydrogen-bond donors (Lipinski definition) is 3. The predicted molar refractivity (Wildman–Crippen MR) is 74.4 cm³/mol. The van der Waals surface area contributed by atoms with Crippen LogP contribution in [0, 0.1) is 5.92 Å². The number of nitrogen functional groups attached to an aromatic ring is 1. The van der Waals surface area contributed by atoms with E-state index in [9.17, 15) is 4.79 Å². The number of carbonyl (C=O) groups excluding carboxylic acids is 1. The SMILES string of the molecule is CC(Nc1cc(C(N)=O)ccc1N)C1CCCC1. The van der Waals surface area contributed by atoms with Crippen molar-refractivity contribution in [2.75, 3.05) is 11.1 Å². The number of anilines is 2. The van der Waals surface area contributed by atoms with E-state index in [0.717, 1.165) is 5.69 Å². The number of amides is 1. The molecule has 18 heavy (non-hydrogen) atoms. The minimum atomic E-state index is -0.424. The summed E-state index contributed by atoms with van der Waals surface area (Å²) in [6, 6.07) is 5.49. The third-order valence-corrected chi connectivity index (χ3v) is 3.83. The van der Waals surface area contributed by atoms with Crippen molar-refractivity contribution in [3.8, 4) is 0 Å². The summed E-state index contributed by atoms with van der Waals surface area (Å²) in [5.74, 6) is 0.271. The third-order valence-electron chi connectivity index (χ3n) is 3.83. The molecule has 1 aromatic rings. The van der Waals surface area contributed by atoms with Crippen molar-refractivity contribution in [1.82, 2.24) is 0 Å².